The second kappa shape index (κ2) is 5.37. The monoisotopic (exact) mass is 280 g/mol. The van der Waals surface area contributed by atoms with Crippen LogP contribution in [0.25, 0.3) is 5.52 Å². The summed E-state index contributed by atoms with van der Waals surface area (Å²) >= 11 is 5.95. The summed E-state index contributed by atoms with van der Waals surface area (Å²) in [7, 11) is 0. The average Bonchev–Trinajstić information content (AvgIpc) is 2.72. The third-order valence-corrected chi connectivity index (χ3v) is 3.21. The van der Waals surface area contributed by atoms with E-state index in [1.165, 1.54) is 0 Å². The Balaban J connectivity index is 2.27. The molecule has 0 aliphatic rings. The Hall–Kier alpha value is -1.29. The van der Waals surface area contributed by atoms with Crippen LogP contribution in [0.15, 0.2) is 18.5 Å². The van der Waals surface area contributed by atoms with Gasteiger partial charge < -0.3 is 5.32 Å². The van der Waals surface area contributed by atoms with E-state index in [2.05, 4.69) is 42.2 Å². The van der Waals surface area contributed by atoms with E-state index in [-0.39, 0.29) is 10.8 Å². The molecule has 5 heteroatoms. The van der Waals surface area contributed by atoms with Crippen molar-refractivity contribution in [3.63, 3.8) is 0 Å². The van der Waals surface area contributed by atoms with Crippen molar-refractivity contribution in [1.82, 2.24) is 14.6 Å². The molecule has 0 bridgehead atoms. The zero-order chi connectivity index (χ0) is 14.0. The molecule has 0 aliphatic heterocycles. The maximum Gasteiger partial charge on any atom is 0.152 e. The van der Waals surface area contributed by atoms with E-state index < -0.39 is 0 Å². The highest BCUT2D eigenvalue weighted by molar-refractivity contribution is 6.20. The Morgan fingerprint density at radius 3 is 2.79 bits per heavy atom. The van der Waals surface area contributed by atoms with Crippen molar-refractivity contribution in [3.05, 3.63) is 24.2 Å². The summed E-state index contributed by atoms with van der Waals surface area (Å²) in [6.07, 6.45) is 4.55. The highest BCUT2D eigenvalue weighted by atomic mass is 35.5. The number of aromatic nitrogens is 3. The number of anilines is 1. The van der Waals surface area contributed by atoms with E-state index in [1.807, 2.05) is 17.6 Å². The Morgan fingerprint density at radius 1 is 1.42 bits per heavy atom. The van der Waals surface area contributed by atoms with Crippen molar-refractivity contribution in [2.24, 2.45) is 0 Å². The van der Waals surface area contributed by atoms with Crippen molar-refractivity contribution in [2.75, 3.05) is 11.9 Å². The van der Waals surface area contributed by atoms with Gasteiger partial charge >= 0.3 is 0 Å². The molecule has 4 nitrogen and oxygen atoms in total. The minimum atomic E-state index is 0.0357. The van der Waals surface area contributed by atoms with Gasteiger partial charge in [0, 0.05) is 29.7 Å². The first-order valence-electron chi connectivity index (χ1n) is 6.61. The number of nitrogens with zero attached hydrogens (tertiary/aromatic N) is 3. The predicted molar refractivity (Wildman–Crippen MR) is 80.1 cm³/mol. The lowest BCUT2D eigenvalue weighted by molar-refractivity contribution is 0.562. The number of rotatable bonds is 4. The molecular weight excluding hydrogens is 260 g/mol. The molecule has 1 unspecified atom stereocenters. The molecule has 2 aromatic heterocycles. The van der Waals surface area contributed by atoms with Crippen LogP contribution < -0.4 is 5.32 Å². The minimum absolute atomic E-state index is 0.0357. The molecule has 2 rings (SSSR count). The molecule has 0 aliphatic carbocycles. The molecule has 0 radical (unpaired) electrons. The van der Waals surface area contributed by atoms with Gasteiger partial charge in [0.1, 0.15) is 5.52 Å². The Bertz CT molecular complexity index is 554. The van der Waals surface area contributed by atoms with E-state index in [0.29, 0.717) is 0 Å². The van der Waals surface area contributed by atoms with Gasteiger partial charge in [-0.05, 0) is 19.4 Å². The van der Waals surface area contributed by atoms with E-state index in [4.69, 9.17) is 11.6 Å². The van der Waals surface area contributed by atoms with Crippen LogP contribution in [0.2, 0.25) is 0 Å². The number of nitrogens with one attached hydrogen (secondary N) is 1. The molecule has 0 spiro atoms. The predicted octanol–water partition coefficient (Wildman–Crippen LogP) is 3.46. The quantitative estimate of drug-likeness (QED) is 0.872. The number of hydrogen-bond donors (Lipinski definition) is 1. The Morgan fingerprint density at radius 2 is 2.16 bits per heavy atom. The van der Waals surface area contributed by atoms with Gasteiger partial charge in [-0.25, -0.2) is 9.50 Å². The molecule has 2 heterocycles. The van der Waals surface area contributed by atoms with Crippen molar-refractivity contribution in [1.29, 1.82) is 0 Å². The normalized spacial score (nSPS) is 13.7. The van der Waals surface area contributed by atoms with Crippen LogP contribution in [-0.2, 0) is 5.41 Å². The van der Waals surface area contributed by atoms with Crippen molar-refractivity contribution in [2.45, 2.75) is 44.9 Å². The van der Waals surface area contributed by atoms with Gasteiger partial charge in [0.25, 0.3) is 0 Å². The maximum absolute atomic E-state index is 5.95. The summed E-state index contributed by atoms with van der Waals surface area (Å²) in [6, 6.07) is 2.10. The van der Waals surface area contributed by atoms with Crippen LogP contribution in [0.1, 0.15) is 39.8 Å². The second-order valence-electron chi connectivity index (χ2n) is 5.88. The first kappa shape index (κ1) is 14.1. The Labute approximate surface area is 119 Å². The van der Waals surface area contributed by atoms with E-state index in [9.17, 15) is 0 Å². The molecule has 19 heavy (non-hydrogen) atoms. The molecule has 1 N–H and O–H groups in total. The lowest BCUT2D eigenvalue weighted by Gasteiger charge is -2.13. The van der Waals surface area contributed by atoms with Crippen LogP contribution in [0.5, 0.6) is 0 Å². The first-order valence-corrected chi connectivity index (χ1v) is 7.04. The zero-order valence-electron chi connectivity index (χ0n) is 11.9. The van der Waals surface area contributed by atoms with Crippen LogP contribution in [0.4, 0.5) is 5.82 Å². The fraction of sp³-hybridized carbons (Fsp3) is 0.571. The highest BCUT2D eigenvalue weighted by Gasteiger charge is 2.18. The second-order valence-corrected chi connectivity index (χ2v) is 6.63. The highest BCUT2D eigenvalue weighted by Crippen LogP contribution is 2.24. The van der Waals surface area contributed by atoms with Gasteiger partial charge in [0.2, 0.25) is 0 Å². The van der Waals surface area contributed by atoms with Crippen LogP contribution in [0.3, 0.4) is 0 Å². The van der Waals surface area contributed by atoms with Gasteiger partial charge in [-0.3, -0.25) is 0 Å². The number of alkyl halides is 1. The molecule has 1 atom stereocenters. The van der Waals surface area contributed by atoms with Gasteiger partial charge in [-0.2, -0.15) is 5.10 Å². The third kappa shape index (κ3) is 3.38. The molecule has 0 saturated carbocycles. The molecule has 104 valence electrons. The van der Waals surface area contributed by atoms with Crippen LogP contribution >= 0.6 is 11.6 Å². The van der Waals surface area contributed by atoms with Crippen molar-refractivity contribution in [3.8, 4) is 0 Å². The smallest absolute Gasteiger partial charge is 0.152 e. The SMILES string of the molecule is CC(Cl)CCNc1nccn2nc(C(C)(C)C)cc12. The molecule has 0 amide bonds. The summed E-state index contributed by atoms with van der Waals surface area (Å²) < 4.78 is 1.88. The summed E-state index contributed by atoms with van der Waals surface area (Å²) in [6.45, 7) is 9.28. The number of hydrogen-bond acceptors (Lipinski definition) is 3. The zero-order valence-corrected chi connectivity index (χ0v) is 12.7. The molecule has 0 fully saturated rings. The largest absolute Gasteiger partial charge is 0.368 e. The minimum Gasteiger partial charge on any atom is -0.368 e. The van der Waals surface area contributed by atoms with Crippen LogP contribution in [0, 0.1) is 0 Å². The lowest BCUT2D eigenvalue weighted by atomic mass is 9.92. The first-order chi connectivity index (χ1) is 8.88. The van der Waals surface area contributed by atoms with Crippen molar-refractivity contribution < 1.29 is 0 Å². The van der Waals surface area contributed by atoms with Crippen molar-refractivity contribution >= 4 is 22.9 Å². The summed E-state index contributed by atoms with van der Waals surface area (Å²) in [5, 5.41) is 8.09. The third-order valence-electron chi connectivity index (χ3n) is 2.99. The Kier molecular flexibility index (Phi) is 3.99. The maximum atomic E-state index is 5.95. The van der Waals surface area contributed by atoms with Gasteiger partial charge in [-0.1, -0.05) is 20.8 Å². The summed E-state index contributed by atoms with van der Waals surface area (Å²) in [4.78, 5) is 4.38. The topological polar surface area (TPSA) is 42.2 Å². The molecule has 2 aromatic rings. The van der Waals surface area contributed by atoms with E-state index in [1.54, 1.807) is 6.20 Å². The molecular formula is C14H21ClN4. The fourth-order valence-corrected chi connectivity index (χ4v) is 1.92. The van der Waals surface area contributed by atoms with E-state index >= 15 is 0 Å². The number of fused-ring (bicyclic) bond motifs is 1. The van der Waals surface area contributed by atoms with Gasteiger partial charge in [-0.15, -0.1) is 11.6 Å². The summed E-state index contributed by atoms with van der Waals surface area (Å²) in [5.74, 6) is 0.864. The summed E-state index contributed by atoms with van der Waals surface area (Å²) in [5.41, 5.74) is 2.11. The molecule has 0 aromatic carbocycles. The van der Waals surface area contributed by atoms with Crippen LogP contribution in [-0.4, -0.2) is 26.5 Å². The van der Waals surface area contributed by atoms with Gasteiger partial charge in [0.15, 0.2) is 5.82 Å². The standard InChI is InChI=1S/C14H21ClN4/c1-10(15)5-6-16-13-11-9-12(14(2,3)4)18-19(11)8-7-17-13/h7-10H,5-6H2,1-4H3,(H,16,17). The lowest BCUT2D eigenvalue weighted by Crippen LogP contribution is -2.11. The van der Waals surface area contributed by atoms with E-state index in [0.717, 1.165) is 30.0 Å². The number of halogens is 1. The van der Waals surface area contributed by atoms with Gasteiger partial charge in [0.05, 0.1) is 5.69 Å². The average molecular weight is 281 g/mol. The molecule has 0 saturated heterocycles. The fourth-order valence-electron chi connectivity index (χ4n) is 1.81.